The minimum absolute atomic E-state index is 0.123. The van der Waals surface area contributed by atoms with Gasteiger partial charge in [0.15, 0.2) is 0 Å². The van der Waals surface area contributed by atoms with Crippen LogP contribution in [0.1, 0.15) is 66.2 Å². The molecule has 7 atom stereocenters. The van der Waals surface area contributed by atoms with E-state index in [9.17, 15) is 31.4 Å². The van der Waals surface area contributed by atoms with Gasteiger partial charge < -0.3 is 5.11 Å². The lowest BCUT2D eigenvalue weighted by Gasteiger charge is -2.41. The Balaban J connectivity index is 1.83. The molecular weight excluding hydrogens is 394 g/mol. The van der Waals surface area contributed by atoms with Crippen LogP contribution in [0.4, 0.5) is 26.3 Å². The molecular formula is C22H34F6O. The van der Waals surface area contributed by atoms with Crippen LogP contribution >= 0.6 is 0 Å². The van der Waals surface area contributed by atoms with E-state index in [0.29, 0.717) is 36.0 Å². The van der Waals surface area contributed by atoms with Crippen molar-refractivity contribution in [2.45, 2.75) is 84.2 Å². The Labute approximate surface area is 169 Å². The van der Waals surface area contributed by atoms with Gasteiger partial charge >= 0.3 is 12.4 Å². The Morgan fingerprint density at radius 2 is 1.41 bits per heavy atom. The molecule has 0 aromatic rings. The summed E-state index contributed by atoms with van der Waals surface area (Å²) in [6.45, 7) is 8.65. The van der Waals surface area contributed by atoms with Crippen molar-refractivity contribution >= 4 is 0 Å². The molecule has 0 aliphatic heterocycles. The highest BCUT2D eigenvalue weighted by Crippen LogP contribution is 2.68. The van der Waals surface area contributed by atoms with Crippen molar-refractivity contribution < 1.29 is 31.4 Å². The number of rotatable bonds is 6. The number of halogens is 6. The van der Waals surface area contributed by atoms with E-state index < -0.39 is 30.3 Å². The molecule has 0 radical (unpaired) electrons. The fourth-order valence-corrected chi connectivity index (χ4v) is 7.13. The molecule has 3 fully saturated rings. The van der Waals surface area contributed by atoms with E-state index in [1.165, 1.54) is 0 Å². The van der Waals surface area contributed by atoms with E-state index in [0.717, 1.165) is 25.7 Å². The Hall–Kier alpha value is -0.460. The summed E-state index contributed by atoms with van der Waals surface area (Å²) in [6, 6.07) is 0. The Morgan fingerprint density at radius 3 is 1.90 bits per heavy atom. The van der Waals surface area contributed by atoms with Crippen LogP contribution < -0.4 is 0 Å². The fraction of sp³-hybridized carbons (Fsp3) is 1.00. The smallest absolute Gasteiger partial charge is 0.374 e. The first-order chi connectivity index (χ1) is 13.2. The average molecular weight is 429 g/mol. The second kappa shape index (κ2) is 7.59. The lowest BCUT2D eigenvalue weighted by molar-refractivity contribution is -0.373. The molecule has 7 heteroatoms. The number of fused-ring (bicyclic) bond motifs is 5. The molecule has 0 amide bonds. The molecule has 7 unspecified atom stereocenters. The molecule has 3 rings (SSSR count). The molecule has 3 saturated carbocycles. The van der Waals surface area contributed by atoms with Crippen molar-refractivity contribution in [2.24, 2.45) is 53.3 Å². The third-order valence-corrected chi connectivity index (χ3v) is 8.35. The van der Waals surface area contributed by atoms with Crippen molar-refractivity contribution in [3.63, 3.8) is 0 Å². The molecule has 170 valence electrons. The molecule has 0 aromatic carbocycles. The molecule has 0 spiro atoms. The van der Waals surface area contributed by atoms with Crippen molar-refractivity contribution in [1.29, 1.82) is 0 Å². The summed E-state index contributed by atoms with van der Waals surface area (Å²) >= 11 is 0. The van der Waals surface area contributed by atoms with Gasteiger partial charge in [0.2, 0.25) is 0 Å². The zero-order valence-corrected chi connectivity index (χ0v) is 17.7. The van der Waals surface area contributed by atoms with Crippen LogP contribution in [0, 0.1) is 53.3 Å². The summed E-state index contributed by atoms with van der Waals surface area (Å²) in [5, 5.41) is 9.75. The number of hydrogen-bond acceptors (Lipinski definition) is 1. The predicted octanol–water partition coefficient (Wildman–Crippen LogP) is 6.85. The maximum atomic E-state index is 13.2. The van der Waals surface area contributed by atoms with Crippen molar-refractivity contribution in [3.05, 3.63) is 0 Å². The summed E-state index contributed by atoms with van der Waals surface area (Å²) in [6.07, 6.45) is -8.46. The molecule has 0 heterocycles. The molecule has 3 aliphatic rings. The quantitative estimate of drug-likeness (QED) is 0.459. The largest absolute Gasteiger partial charge is 0.426 e. The highest BCUT2D eigenvalue weighted by Gasteiger charge is 2.72. The Morgan fingerprint density at radius 1 is 0.828 bits per heavy atom. The van der Waals surface area contributed by atoms with Gasteiger partial charge in [-0.1, -0.05) is 34.1 Å². The highest BCUT2D eigenvalue weighted by atomic mass is 19.4. The van der Waals surface area contributed by atoms with Crippen molar-refractivity contribution in [2.75, 3.05) is 0 Å². The summed E-state index contributed by atoms with van der Waals surface area (Å²) in [7, 11) is 0. The molecule has 1 nitrogen and oxygen atoms in total. The van der Waals surface area contributed by atoms with E-state index in [-0.39, 0.29) is 17.8 Å². The topological polar surface area (TPSA) is 20.2 Å². The van der Waals surface area contributed by atoms with Gasteiger partial charge in [0.05, 0.1) is 0 Å². The summed E-state index contributed by atoms with van der Waals surface area (Å²) in [5.41, 5.74) is -4.60. The van der Waals surface area contributed by atoms with Crippen molar-refractivity contribution in [1.82, 2.24) is 0 Å². The number of hydrogen-bond donors (Lipinski definition) is 1. The molecule has 0 aromatic heterocycles. The second-order valence-corrected chi connectivity index (χ2v) is 10.7. The molecule has 2 bridgehead atoms. The zero-order valence-electron chi connectivity index (χ0n) is 17.7. The first-order valence-corrected chi connectivity index (χ1v) is 11.0. The van der Waals surface area contributed by atoms with Gasteiger partial charge in [-0.2, -0.15) is 26.3 Å². The normalized spacial score (nSPS) is 37.8. The number of alkyl halides is 6. The van der Waals surface area contributed by atoms with Crippen LogP contribution in [0.25, 0.3) is 0 Å². The Bertz CT molecular complexity index is 567. The van der Waals surface area contributed by atoms with Gasteiger partial charge in [-0.3, -0.25) is 0 Å². The zero-order chi connectivity index (χ0) is 21.9. The van der Waals surface area contributed by atoms with E-state index in [4.69, 9.17) is 0 Å². The first kappa shape index (κ1) is 23.2. The lowest BCUT2D eigenvalue weighted by Crippen LogP contribution is -2.58. The van der Waals surface area contributed by atoms with Crippen LogP contribution in [-0.4, -0.2) is 23.1 Å². The SMILES string of the molecule is CC(C)CCC1CC(C(C)C)C2C3CC(CC(O)(C(F)(F)F)C(F)(F)F)C(C3)C12. The monoisotopic (exact) mass is 428 g/mol. The highest BCUT2D eigenvalue weighted by molar-refractivity contribution is 5.10. The van der Waals surface area contributed by atoms with Gasteiger partial charge in [0.25, 0.3) is 5.60 Å². The maximum absolute atomic E-state index is 13.2. The van der Waals surface area contributed by atoms with Gasteiger partial charge in [-0.05, 0) is 85.4 Å². The van der Waals surface area contributed by atoms with E-state index >= 15 is 0 Å². The fourth-order valence-electron chi connectivity index (χ4n) is 7.13. The van der Waals surface area contributed by atoms with Crippen LogP contribution in [0.2, 0.25) is 0 Å². The lowest BCUT2D eigenvalue weighted by atomic mass is 9.67. The summed E-state index contributed by atoms with van der Waals surface area (Å²) in [4.78, 5) is 0. The van der Waals surface area contributed by atoms with E-state index in [2.05, 4.69) is 27.7 Å². The van der Waals surface area contributed by atoms with Crippen molar-refractivity contribution in [3.8, 4) is 0 Å². The van der Waals surface area contributed by atoms with Gasteiger partial charge in [-0.15, -0.1) is 0 Å². The van der Waals surface area contributed by atoms with E-state index in [1.54, 1.807) is 0 Å². The van der Waals surface area contributed by atoms with Crippen LogP contribution in [0.3, 0.4) is 0 Å². The Kier molecular flexibility index (Phi) is 6.08. The minimum Gasteiger partial charge on any atom is -0.374 e. The maximum Gasteiger partial charge on any atom is 0.426 e. The van der Waals surface area contributed by atoms with Crippen LogP contribution in [-0.2, 0) is 0 Å². The summed E-state index contributed by atoms with van der Waals surface area (Å²) in [5.74, 6) is 1.93. The molecule has 29 heavy (non-hydrogen) atoms. The van der Waals surface area contributed by atoms with Gasteiger partial charge in [-0.25, -0.2) is 0 Å². The van der Waals surface area contributed by atoms with E-state index in [1.807, 2.05) is 0 Å². The molecule has 0 saturated heterocycles. The van der Waals surface area contributed by atoms with Gasteiger partial charge in [0.1, 0.15) is 0 Å². The second-order valence-electron chi connectivity index (χ2n) is 10.7. The molecule has 3 aliphatic carbocycles. The third-order valence-electron chi connectivity index (χ3n) is 8.35. The summed E-state index contributed by atoms with van der Waals surface area (Å²) < 4.78 is 79.5. The number of aliphatic hydroxyl groups is 1. The third kappa shape index (κ3) is 3.94. The average Bonchev–Trinajstić information content (AvgIpc) is 3.20. The van der Waals surface area contributed by atoms with Crippen LogP contribution in [0.5, 0.6) is 0 Å². The standard InChI is InChI=1S/C22H34F6O/c1-11(2)5-6-13-8-16(12(3)4)19-14-7-15(17(9-14)18(13)19)10-20(29,21(23,24)25)22(26,27)28/h11-19,29H,5-10H2,1-4H3. The van der Waals surface area contributed by atoms with Crippen LogP contribution in [0.15, 0.2) is 0 Å². The molecule has 1 N–H and O–H groups in total. The minimum atomic E-state index is -5.71. The predicted molar refractivity (Wildman–Crippen MR) is 98.9 cm³/mol. The van der Waals surface area contributed by atoms with Gasteiger partial charge in [0, 0.05) is 0 Å². The first-order valence-electron chi connectivity index (χ1n) is 11.0.